The molecule has 2 amide bonds. The molecule has 0 spiro atoms. The van der Waals surface area contributed by atoms with Crippen molar-refractivity contribution in [3.8, 4) is 11.5 Å². The summed E-state index contributed by atoms with van der Waals surface area (Å²) in [5.74, 6) is -0.0474. The lowest BCUT2D eigenvalue weighted by atomic mass is 10.0. The van der Waals surface area contributed by atoms with Crippen LogP contribution < -0.4 is 14.8 Å². The molecule has 0 saturated heterocycles. The van der Waals surface area contributed by atoms with Crippen molar-refractivity contribution < 1.29 is 23.5 Å². The van der Waals surface area contributed by atoms with Crippen molar-refractivity contribution in [2.24, 2.45) is 0 Å². The summed E-state index contributed by atoms with van der Waals surface area (Å²) in [7, 11) is 1.59. The Bertz CT molecular complexity index is 1400. The molecule has 0 saturated carbocycles. The highest BCUT2D eigenvalue weighted by molar-refractivity contribution is 6.32. The molecule has 0 bridgehead atoms. The first kappa shape index (κ1) is 28.6. The maximum absolute atomic E-state index is 13.7. The highest BCUT2D eigenvalue weighted by atomic mass is 35.5. The summed E-state index contributed by atoms with van der Waals surface area (Å²) in [4.78, 5) is 28.9. The van der Waals surface area contributed by atoms with Crippen LogP contribution in [-0.2, 0) is 29.1 Å². The van der Waals surface area contributed by atoms with Crippen molar-refractivity contribution in [2.75, 3.05) is 13.7 Å². The van der Waals surface area contributed by atoms with Crippen molar-refractivity contribution in [3.63, 3.8) is 0 Å². The molecule has 206 valence electrons. The molecular weight excluding hydrogens is 531 g/mol. The molecule has 0 heterocycles. The maximum atomic E-state index is 13.7. The van der Waals surface area contributed by atoms with Crippen LogP contribution in [-0.4, -0.2) is 36.5 Å². The Balaban J connectivity index is 1.60. The third-order valence-electron chi connectivity index (χ3n) is 6.35. The summed E-state index contributed by atoms with van der Waals surface area (Å²) in [6.07, 6.45) is 0.272. The minimum atomic E-state index is -0.868. The van der Waals surface area contributed by atoms with Gasteiger partial charge in [-0.2, -0.15) is 0 Å². The normalized spacial score (nSPS) is 11.4. The van der Waals surface area contributed by atoms with Gasteiger partial charge in [-0.15, -0.1) is 0 Å². The summed E-state index contributed by atoms with van der Waals surface area (Å²) in [6.45, 7) is 0.0171. The van der Waals surface area contributed by atoms with Crippen LogP contribution in [0, 0.1) is 5.82 Å². The Morgan fingerprint density at radius 1 is 0.850 bits per heavy atom. The summed E-state index contributed by atoms with van der Waals surface area (Å²) in [6, 6.07) is 28.7. The van der Waals surface area contributed by atoms with Crippen LogP contribution in [0.3, 0.4) is 0 Å². The second-order valence-electron chi connectivity index (χ2n) is 9.14. The van der Waals surface area contributed by atoms with Gasteiger partial charge in [0.2, 0.25) is 5.91 Å². The molecule has 4 aromatic carbocycles. The number of benzene rings is 4. The Kier molecular flexibility index (Phi) is 10.1. The smallest absolute Gasteiger partial charge is 0.261 e. The van der Waals surface area contributed by atoms with Gasteiger partial charge in [-0.1, -0.05) is 78.3 Å². The standard InChI is InChI=1S/C32H30ClFN2O4/c1-39-27-17-13-24(14-18-27)20-35-32(38)29(19-23-7-3-2-4-8-23)36(21-25-11-15-26(34)16-12-25)31(37)22-40-30-10-6-5-9-28(30)33/h2-18,29H,19-22H2,1H3,(H,35,38). The number of ether oxygens (including phenoxy) is 2. The van der Waals surface area contributed by atoms with Crippen LogP contribution in [0.2, 0.25) is 5.02 Å². The van der Waals surface area contributed by atoms with Gasteiger partial charge in [0.1, 0.15) is 23.4 Å². The molecule has 1 N–H and O–H groups in total. The number of carbonyl (C=O) groups is 2. The fraction of sp³-hybridized carbons (Fsp3) is 0.188. The molecule has 4 rings (SSSR count). The first-order valence-electron chi connectivity index (χ1n) is 12.8. The van der Waals surface area contributed by atoms with E-state index in [-0.39, 0.29) is 37.8 Å². The molecule has 0 aliphatic rings. The monoisotopic (exact) mass is 560 g/mol. The zero-order valence-corrected chi connectivity index (χ0v) is 22.8. The van der Waals surface area contributed by atoms with Crippen LogP contribution in [0.15, 0.2) is 103 Å². The van der Waals surface area contributed by atoms with Crippen molar-refractivity contribution in [1.82, 2.24) is 10.2 Å². The molecule has 0 aromatic heterocycles. The summed E-state index contributed by atoms with van der Waals surface area (Å²) in [5.41, 5.74) is 2.44. The summed E-state index contributed by atoms with van der Waals surface area (Å²) < 4.78 is 24.6. The van der Waals surface area contributed by atoms with E-state index < -0.39 is 11.9 Å². The van der Waals surface area contributed by atoms with Gasteiger partial charge < -0.3 is 19.7 Å². The predicted molar refractivity (Wildman–Crippen MR) is 153 cm³/mol. The van der Waals surface area contributed by atoms with Gasteiger partial charge in [-0.3, -0.25) is 9.59 Å². The van der Waals surface area contributed by atoms with E-state index in [1.54, 1.807) is 43.5 Å². The zero-order valence-electron chi connectivity index (χ0n) is 22.1. The van der Waals surface area contributed by atoms with E-state index in [1.165, 1.54) is 17.0 Å². The maximum Gasteiger partial charge on any atom is 0.261 e. The molecule has 6 nitrogen and oxygen atoms in total. The molecule has 8 heteroatoms. The lowest BCUT2D eigenvalue weighted by molar-refractivity contribution is -0.142. The molecular formula is C32H30ClFN2O4. The van der Waals surface area contributed by atoms with Gasteiger partial charge in [-0.25, -0.2) is 4.39 Å². The molecule has 4 aromatic rings. The Labute approximate surface area is 238 Å². The Morgan fingerprint density at radius 3 is 2.17 bits per heavy atom. The van der Waals surface area contributed by atoms with Crippen molar-refractivity contribution in [2.45, 2.75) is 25.6 Å². The number of para-hydroxylation sites is 1. The fourth-order valence-electron chi connectivity index (χ4n) is 4.18. The van der Waals surface area contributed by atoms with Gasteiger partial charge in [-0.05, 0) is 53.1 Å². The molecule has 0 radical (unpaired) electrons. The number of rotatable bonds is 12. The average molecular weight is 561 g/mol. The summed E-state index contributed by atoms with van der Waals surface area (Å²) >= 11 is 6.21. The molecule has 1 unspecified atom stereocenters. The number of methoxy groups -OCH3 is 1. The van der Waals surface area contributed by atoms with Gasteiger partial charge in [0.15, 0.2) is 6.61 Å². The topological polar surface area (TPSA) is 67.9 Å². The Morgan fingerprint density at radius 2 is 1.50 bits per heavy atom. The highest BCUT2D eigenvalue weighted by Crippen LogP contribution is 2.24. The fourth-order valence-corrected chi connectivity index (χ4v) is 4.37. The first-order valence-corrected chi connectivity index (χ1v) is 13.2. The number of hydrogen-bond acceptors (Lipinski definition) is 4. The first-order chi connectivity index (χ1) is 19.4. The number of nitrogens with one attached hydrogen (secondary N) is 1. The second-order valence-corrected chi connectivity index (χ2v) is 9.55. The van der Waals surface area contributed by atoms with E-state index in [4.69, 9.17) is 21.1 Å². The average Bonchev–Trinajstić information content (AvgIpc) is 2.99. The van der Waals surface area contributed by atoms with E-state index >= 15 is 0 Å². The van der Waals surface area contributed by atoms with Gasteiger partial charge in [0.25, 0.3) is 5.91 Å². The van der Waals surface area contributed by atoms with E-state index in [0.29, 0.717) is 22.1 Å². The minimum Gasteiger partial charge on any atom is -0.497 e. The SMILES string of the molecule is COc1ccc(CNC(=O)C(Cc2ccccc2)N(Cc2ccc(F)cc2)C(=O)COc2ccccc2Cl)cc1. The quantitative estimate of drug-likeness (QED) is 0.237. The number of nitrogens with zero attached hydrogens (tertiary/aromatic N) is 1. The Hall–Kier alpha value is -4.36. The van der Waals surface area contributed by atoms with Gasteiger partial charge >= 0.3 is 0 Å². The lowest BCUT2D eigenvalue weighted by Gasteiger charge is -2.31. The molecule has 0 aliphatic carbocycles. The molecule has 40 heavy (non-hydrogen) atoms. The number of amides is 2. The number of hydrogen-bond donors (Lipinski definition) is 1. The minimum absolute atomic E-state index is 0.0818. The highest BCUT2D eigenvalue weighted by Gasteiger charge is 2.30. The van der Waals surface area contributed by atoms with Crippen LogP contribution in [0.5, 0.6) is 11.5 Å². The van der Waals surface area contributed by atoms with Crippen LogP contribution >= 0.6 is 11.6 Å². The lowest BCUT2D eigenvalue weighted by Crippen LogP contribution is -2.51. The van der Waals surface area contributed by atoms with Gasteiger partial charge in [0.05, 0.1) is 12.1 Å². The largest absolute Gasteiger partial charge is 0.497 e. The number of carbonyl (C=O) groups excluding carboxylic acids is 2. The molecule has 1 atom stereocenters. The zero-order chi connectivity index (χ0) is 28.3. The predicted octanol–water partition coefficient (Wildman–Crippen LogP) is 5.82. The van der Waals surface area contributed by atoms with Crippen LogP contribution in [0.4, 0.5) is 4.39 Å². The van der Waals surface area contributed by atoms with E-state index in [1.807, 2.05) is 54.6 Å². The van der Waals surface area contributed by atoms with Crippen molar-refractivity contribution in [1.29, 1.82) is 0 Å². The van der Waals surface area contributed by atoms with Crippen molar-refractivity contribution >= 4 is 23.4 Å². The molecule has 0 fully saturated rings. The van der Waals surface area contributed by atoms with E-state index in [2.05, 4.69) is 5.32 Å². The van der Waals surface area contributed by atoms with Crippen LogP contribution in [0.1, 0.15) is 16.7 Å². The van der Waals surface area contributed by atoms with Crippen LogP contribution in [0.25, 0.3) is 0 Å². The van der Waals surface area contributed by atoms with E-state index in [9.17, 15) is 14.0 Å². The molecule has 0 aliphatic heterocycles. The van der Waals surface area contributed by atoms with Gasteiger partial charge in [0, 0.05) is 19.5 Å². The van der Waals surface area contributed by atoms with Crippen molar-refractivity contribution in [3.05, 3.63) is 131 Å². The summed E-state index contributed by atoms with van der Waals surface area (Å²) in [5, 5.41) is 3.35. The third kappa shape index (κ3) is 8.07. The second kappa shape index (κ2) is 14.1. The van der Waals surface area contributed by atoms with E-state index in [0.717, 1.165) is 11.1 Å². The third-order valence-corrected chi connectivity index (χ3v) is 6.66. The number of halogens is 2.